The van der Waals surface area contributed by atoms with E-state index in [1.165, 1.54) is 16.4 Å². The summed E-state index contributed by atoms with van der Waals surface area (Å²) in [4.78, 5) is 12.9. The number of amides is 1. The molecular weight excluding hydrogens is 230 g/mol. The van der Waals surface area contributed by atoms with Gasteiger partial charge in [-0.05, 0) is 17.6 Å². The zero-order chi connectivity index (χ0) is 11.8. The van der Waals surface area contributed by atoms with Crippen LogP contribution >= 0.6 is 11.5 Å². The average Bonchev–Trinajstić information content (AvgIpc) is 2.84. The van der Waals surface area contributed by atoms with Gasteiger partial charge in [0, 0.05) is 36.7 Å². The van der Waals surface area contributed by atoms with E-state index in [9.17, 15) is 9.90 Å². The molecule has 0 aromatic carbocycles. The van der Waals surface area contributed by atoms with Gasteiger partial charge < -0.3 is 20.8 Å². The van der Waals surface area contributed by atoms with Crippen molar-refractivity contribution in [3.63, 3.8) is 0 Å². The summed E-state index contributed by atoms with van der Waals surface area (Å²) in [6.07, 6.45) is 0.627. The zero-order valence-corrected chi connectivity index (χ0v) is 9.35. The SMILES string of the molecule is N[C@@]1(c2ccns2)CN(C(=O)O)C[C@H]1CO. The van der Waals surface area contributed by atoms with Crippen molar-refractivity contribution in [2.24, 2.45) is 11.7 Å². The van der Waals surface area contributed by atoms with Crippen LogP contribution in [-0.4, -0.2) is 45.3 Å². The third-order valence-electron chi connectivity index (χ3n) is 3.01. The van der Waals surface area contributed by atoms with Crippen LogP contribution in [0, 0.1) is 5.92 Å². The van der Waals surface area contributed by atoms with E-state index in [0.29, 0.717) is 0 Å². The van der Waals surface area contributed by atoms with Crippen LogP contribution in [0.15, 0.2) is 12.3 Å². The van der Waals surface area contributed by atoms with Crippen molar-refractivity contribution in [3.8, 4) is 0 Å². The van der Waals surface area contributed by atoms with Gasteiger partial charge in [0.05, 0.1) is 5.54 Å². The summed E-state index contributed by atoms with van der Waals surface area (Å²) in [6, 6.07) is 1.78. The van der Waals surface area contributed by atoms with Crippen molar-refractivity contribution in [3.05, 3.63) is 17.1 Å². The molecule has 0 unspecified atom stereocenters. The second kappa shape index (κ2) is 4.00. The van der Waals surface area contributed by atoms with Crippen molar-refractivity contribution in [1.82, 2.24) is 9.27 Å². The Morgan fingerprint density at radius 2 is 2.56 bits per heavy atom. The van der Waals surface area contributed by atoms with Crippen LogP contribution in [0.2, 0.25) is 0 Å². The monoisotopic (exact) mass is 243 g/mol. The predicted octanol–water partition coefficient (Wildman–Crippen LogP) is -0.101. The van der Waals surface area contributed by atoms with Gasteiger partial charge in [-0.3, -0.25) is 0 Å². The molecule has 1 aromatic rings. The molecule has 1 aliphatic heterocycles. The number of carbonyl (C=O) groups is 1. The van der Waals surface area contributed by atoms with Gasteiger partial charge >= 0.3 is 6.09 Å². The molecule has 2 heterocycles. The first-order chi connectivity index (χ1) is 7.58. The van der Waals surface area contributed by atoms with Gasteiger partial charge in [-0.25, -0.2) is 9.17 Å². The van der Waals surface area contributed by atoms with E-state index in [4.69, 9.17) is 10.8 Å². The van der Waals surface area contributed by atoms with Crippen LogP contribution < -0.4 is 5.73 Å². The first-order valence-electron chi connectivity index (χ1n) is 4.86. The summed E-state index contributed by atoms with van der Waals surface area (Å²) in [5, 5.41) is 18.2. The van der Waals surface area contributed by atoms with Crippen LogP contribution in [0.25, 0.3) is 0 Å². The Hall–Kier alpha value is -1.18. The highest BCUT2D eigenvalue weighted by Crippen LogP contribution is 2.36. The van der Waals surface area contributed by atoms with Crippen molar-refractivity contribution >= 4 is 17.6 Å². The van der Waals surface area contributed by atoms with Gasteiger partial charge in [0.2, 0.25) is 0 Å². The van der Waals surface area contributed by atoms with Gasteiger partial charge in [0.15, 0.2) is 0 Å². The summed E-state index contributed by atoms with van der Waals surface area (Å²) in [6.45, 7) is 0.341. The van der Waals surface area contributed by atoms with E-state index in [1.54, 1.807) is 12.3 Å². The van der Waals surface area contributed by atoms with E-state index in [0.717, 1.165) is 4.88 Å². The molecule has 0 radical (unpaired) electrons. The first kappa shape index (κ1) is 11.3. The average molecular weight is 243 g/mol. The minimum Gasteiger partial charge on any atom is -0.465 e. The minimum atomic E-state index is -1.00. The smallest absolute Gasteiger partial charge is 0.407 e. The Labute approximate surface area is 96.5 Å². The molecule has 88 valence electrons. The molecule has 0 spiro atoms. The molecule has 2 atom stereocenters. The lowest BCUT2D eigenvalue weighted by molar-refractivity contribution is 0.150. The van der Waals surface area contributed by atoms with Crippen molar-refractivity contribution in [1.29, 1.82) is 0 Å². The fourth-order valence-electron chi connectivity index (χ4n) is 2.04. The Morgan fingerprint density at radius 1 is 1.81 bits per heavy atom. The maximum Gasteiger partial charge on any atom is 0.407 e. The fraction of sp³-hybridized carbons (Fsp3) is 0.556. The molecule has 1 fully saturated rings. The molecule has 1 saturated heterocycles. The third kappa shape index (κ3) is 1.66. The number of aliphatic hydroxyl groups is 1. The molecule has 1 amide bonds. The number of hydrogen-bond acceptors (Lipinski definition) is 5. The standard InChI is InChI=1S/C9H13N3O3S/c10-9(7-1-2-11-16-7)5-12(8(14)15)3-6(9)4-13/h1-2,6,13H,3-5,10H2,(H,14,15)/t6-,9-/m0/s1. The fourth-order valence-corrected chi connectivity index (χ4v) is 2.80. The number of aliphatic hydroxyl groups excluding tert-OH is 1. The topological polar surface area (TPSA) is 99.7 Å². The third-order valence-corrected chi connectivity index (χ3v) is 3.95. The summed E-state index contributed by atoms with van der Waals surface area (Å²) in [5.74, 6) is -0.274. The van der Waals surface area contributed by atoms with E-state index in [-0.39, 0.29) is 25.6 Å². The van der Waals surface area contributed by atoms with Crippen molar-refractivity contribution in [2.45, 2.75) is 5.54 Å². The Bertz CT molecular complexity index is 383. The molecule has 0 saturated carbocycles. The lowest BCUT2D eigenvalue weighted by Crippen LogP contribution is -2.45. The number of likely N-dealkylation sites (tertiary alicyclic amines) is 1. The van der Waals surface area contributed by atoms with E-state index in [2.05, 4.69) is 4.37 Å². The van der Waals surface area contributed by atoms with Gasteiger partial charge in [0.25, 0.3) is 0 Å². The summed E-state index contributed by atoms with van der Waals surface area (Å²) < 4.78 is 3.96. The molecule has 1 aromatic heterocycles. The van der Waals surface area contributed by atoms with Crippen molar-refractivity contribution in [2.75, 3.05) is 19.7 Å². The second-order valence-corrected chi connectivity index (χ2v) is 4.79. The van der Waals surface area contributed by atoms with Gasteiger partial charge in [0.1, 0.15) is 0 Å². The zero-order valence-electron chi connectivity index (χ0n) is 8.54. The van der Waals surface area contributed by atoms with Crippen LogP contribution in [0.3, 0.4) is 0 Å². The molecule has 16 heavy (non-hydrogen) atoms. The molecule has 0 aliphatic carbocycles. The molecular formula is C9H13N3O3S. The molecule has 6 nitrogen and oxygen atoms in total. The lowest BCUT2D eigenvalue weighted by atomic mass is 9.87. The quantitative estimate of drug-likeness (QED) is 0.673. The molecule has 2 rings (SSSR count). The highest BCUT2D eigenvalue weighted by Gasteiger charge is 2.47. The summed E-state index contributed by atoms with van der Waals surface area (Å²) in [5.41, 5.74) is 5.40. The Kier molecular flexibility index (Phi) is 2.83. The number of rotatable bonds is 2. The maximum absolute atomic E-state index is 10.9. The molecule has 7 heteroatoms. The van der Waals surface area contributed by atoms with E-state index >= 15 is 0 Å². The largest absolute Gasteiger partial charge is 0.465 e. The molecule has 1 aliphatic rings. The van der Waals surface area contributed by atoms with Crippen LogP contribution in [0.4, 0.5) is 4.79 Å². The maximum atomic E-state index is 10.9. The number of nitrogens with zero attached hydrogens (tertiary/aromatic N) is 2. The van der Waals surface area contributed by atoms with E-state index in [1.807, 2.05) is 0 Å². The Morgan fingerprint density at radius 3 is 3.06 bits per heavy atom. The number of hydrogen-bond donors (Lipinski definition) is 3. The highest BCUT2D eigenvalue weighted by atomic mass is 32.1. The summed E-state index contributed by atoms with van der Waals surface area (Å²) >= 11 is 1.25. The Balaban J connectivity index is 2.29. The van der Waals surface area contributed by atoms with Crippen LogP contribution in [-0.2, 0) is 5.54 Å². The van der Waals surface area contributed by atoms with Crippen molar-refractivity contribution < 1.29 is 15.0 Å². The molecule has 4 N–H and O–H groups in total. The summed E-state index contributed by atoms with van der Waals surface area (Å²) in [7, 11) is 0. The predicted molar refractivity (Wildman–Crippen MR) is 58.2 cm³/mol. The minimum absolute atomic E-state index is 0.127. The van der Waals surface area contributed by atoms with Crippen LogP contribution in [0.1, 0.15) is 4.88 Å². The van der Waals surface area contributed by atoms with Gasteiger partial charge in [-0.2, -0.15) is 0 Å². The van der Waals surface area contributed by atoms with Gasteiger partial charge in [-0.1, -0.05) is 0 Å². The lowest BCUT2D eigenvalue weighted by Gasteiger charge is -2.27. The normalized spacial score (nSPS) is 29.6. The number of aromatic nitrogens is 1. The first-order valence-corrected chi connectivity index (χ1v) is 5.64. The molecule has 0 bridgehead atoms. The number of nitrogens with two attached hydrogens (primary N) is 1. The van der Waals surface area contributed by atoms with Crippen LogP contribution in [0.5, 0.6) is 0 Å². The highest BCUT2D eigenvalue weighted by molar-refractivity contribution is 7.05. The van der Waals surface area contributed by atoms with E-state index < -0.39 is 11.6 Å². The number of carboxylic acid groups (broad SMARTS) is 1. The van der Waals surface area contributed by atoms with Gasteiger partial charge in [-0.15, -0.1) is 0 Å². The second-order valence-electron chi connectivity index (χ2n) is 3.96.